The number of carbonyl (C=O) groups is 1. The largest absolute Gasteiger partial charge is 0.481 e. The first-order valence-electron chi connectivity index (χ1n) is 4.36. The molecule has 1 N–H and O–H groups in total. The summed E-state index contributed by atoms with van der Waals surface area (Å²) in [4.78, 5) is 10.8. The Morgan fingerprint density at radius 2 is 2.08 bits per heavy atom. The van der Waals surface area contributed by atoms with Gasteiger partial charge in [-0.1, -0.05) is 0 Å². The Kier molecular flexibility index (Phi) is 1.57. The monoisotopic (exact) mass is 165 g/mol. The summed E-state index contributed by atoms with van der Waals surface area (Å²) < 4.78 is 0. The zero-order valence-electron chi connectivity index (χ0n) is 6.73. The molecule has 2 saturated carbocycles. The highest BCUT2D eigenvalue weighted by Gasteiger charge is 2.51. The van der Waals surface area contributed by atoms with E-state index in [0.29, 0.717) is 5.92 Å². The zero-order valence-corrected chi connectivity index (χ0v) is 6.73. The van der Waals surface area contributed by atoms with Gasteiger partial charge < -0.3 is 5.11 Å². The molecule has 0 spiro atoms. The molecule has 0 amide bonds. The Morgan fingerprint density at radius 3 is 2.58 bits per heavy atom. The smallest absolute Gasteiger partial charge is 0.308 e. The average Bonchev–Trinajstić information content (AvgIpc) is 2.60. The van der Waals surface area contributed by atoms with E-state index < -0.39 is 5.97 Å². The van der Waals surface area contributed by atoms with Crippen molar-refractivity contribution in [1.29, 1.82) is 5.26 Å². The minimum Gasteiger partial charge on any atom is -0.481 e. The van der Waals surface area contributed by atoms with Crippen molar-refractivity contribution < 1.29 is 9.90 Å². The minimum atomic E-state index is -0.770. The van der Waals surface area contributed by atoms with Crippen molar-refractivity contribution in [3.8, 4) is 6.07 Å². The van der Waals surface area contributed by atoms with Crippen molar-refractivity contribution in [3.63, 3.8) is 0 Å². The second kappa shape index (κ2) is 2.48. The Bertz CT molecular complexity index is 256. The predicted octanol–water partition coefficient (Wildman–Crippen LogP) is 1.26. The molecule has 2 fully saturated rings. The summed E-state index contributed by atoms with van der Waals surface area (Å²) in [5.41, 5.74) is 0. The number of nitrogens with zero attached hydrogens (tertiary/aromatic N) is 1. The summed E-state index contributed by atoms with van der Waals surface area (Å²) in [6.07, 6.45) is 3.04. The van der Waals surface area contributed by atoms with Crippen LogP contribution in [0.1, 0.15) is 19.3 Å². The molecule has 64 valence electrons. The summed E-state index contributed by atoms with van der Waals surface area (Å²) >= 11 is 0. The van der Waals surface area contributed by atoms with Gasteiger partial charge in [0.2, 0.25) is 0 Å². The lowest BCUT2D eigenvalue weighted by Crippen LogP contribution is -2.28. The topological polar surface area (TPSA) is 61.1 Å². The lowest BCUT2D eigenvalue weighted by atomic mass is 9.80. The SMILES string of the molecule is N#CC1C2CCC(C2)C1C(=O)O. The van der Waals surface area contributed by atoms with Crippen molar-refractivity contribution in [3.05, 3.63) is 0 Å². The van der Waals surface area contributed by atoms with Gasteiger partial charge in [-0.25, -0.2) is 0 Å². The molecule has 4 atom stereocenters. The van der Waals surface area contributed by atoms with Crippen LogP contribution in [0.5, 0.6) is 0 Å². The molecule has 3 nitrogen and oxygen atoms in total. The van der Waals surface area contributed by atoms with Crippen molar-refractivity contribution in [2.75, 3.05) is 0 Å². The van der Waals surface area contributed by atoms with Crippen LogP contribution in [-0.2, 0) is 4.79 Å². The summed E-state index contributed by atoms with van der Waals surface area (Å²) in [5, 5.41) is 17.7. The molecule has 2 aliphatic carbocycles. The number of aliphatic carboxylic acids is 1. The number of nitriles is 1. The molecule has 0 aromatic rings. The molecule has 4 unspecified atom stereocenters. The van der Waals surface area contributed by atoms with E-state index in [1.807, 2.05) is 0 Å². The lowest BCUT2D eigenvalue weighted by molar-refractivity contribution is -0.144. The van der Waals surface area contributed by atoms with Gasteiger partial charge in [-0.2, -0.15) is 5.26 Å². The third kappa shape index (κ3) is 0.842. The van der Waals surface area contributed by atoms with Gasteiger partial charge in [-0.15, -0.1) is 0 Å². The first kappa shape index (κ1) is 7.60. The molecule has 0 saturated heterocycles. The lowest BCUT2D eigenvalue weighted by Gasteiger charge is -2.21. The fraction of sp³-hybridized carbons (Fsp3) is 0.778. The van der Waals surface area contributed by atoms with Crippen LogP contribution in [0.15, 0.2) is 0 Å². The number of hydrogen-bond acceptors (Lipinski definition) is 2. The third-order valence-corrected chi connectivity index (χ3v) is 3.35. The molecule has 12 heavy (non-hydrogen) atoms. The Balaban J connectivity index is 2.23. The van der Waals surface area contributed by atoms with Crippen LogP contribution >= 0.6 is 0 Å². The molecular formula is C9H11NO2. The second-order valence-corrected chi connectivity index (χ2v) is 3.85. The first-order chi connectivity index (χ1) is 5.74. The van der Waals surface area contributed by atoms with Gasteiger partial charge >= 0.3 is 5.97 Å². The van der Waals surface area contributed by atoms with Gasteiger partial charge in [0.25, 0.3) is 0 Å². The van der Waals surface area contributed by atoms with Crippen molar-refractivity contribution in [2.24, 2.45) is 23.7 Å². The average molecular weight is 165 g/mol. The van der Waals surface area contributed by atoms with E-state index in [9.17, 15) is 4.79 Å². The maximum absolute atomic E-state index is 10.8. The number of carboxylic acid groups (broad SMARTS) is 1. The molecule has 2 aliphatic rings. The Hall–Kier alpha value is -1.04. The predicted molar refractivity (Wildman–Crippen MR) is 41.1 cm³/mol. The van der Waals surface area contributed by atoms with E-state index in [-0.39, 0.29) is 17.8 Å². The third-order valence-electron chi connectivity index (χ3n) is 3.35. The maximum atomic E-state index is 10.8. The summed E-state index contributed by atoms with van der Waals surface area (Å²) in [7, 11) is 0. The van der Waals surface area contributed by atoms with Gasteiger partial charge in [-0.3, -0.25) is 4.79 Å². The number of fused-ring (bicyclic) bond motifs is 2. The van der Waals surface area contributed by atoms with Crippen LogP contribution in [0.4, 0.5) is 0 Å². The van der Waals surface area contributed by atoms with Crippen LogP contribution in [0, 0.1) is 35.0 Å². The maximum Gasteiger partial charge on any atom is 0.308 e. The van der Waals surface area contributed by atoms with Gasteiger partial charge in [0.05, 0.1) is 17.9 Å². The molecular weight excluding hydrogens is 154 g/mol. The van der Waals surface area contributed by atoms with Crippen LogP contribution in [0.2, 0.25) is 0 Å². The molecule has 0 heterocycles. The van der Waals surface area contributed by atoms with E-state index in [0.717, 1.165) is 19.3 Å². The fourth-order valence-corrected chi connectivity index (χ4v) is 2.83. The van der Waals surface area contributed by atoms with E-state index in [4.69, 9.17) is 10.4 Å². The van der Waals surface area contributed by atoms with Gasteiger partial charge in [0.1, 0.15) is 0 Å². The molecule has 0 aromatic carbocycles. The minimum absolute atomic E-state index is 0.207. The zero-order chi connectivity index (χ0) is 8.72. The summed E-state index contributed by atoms with van der Waals surface area (Å²) in [5.74, 6) is -0.679. The van der Waals surface area contributed by atoms with E-state index >= 15 is 0 Å². The quantitative estimate of drug-likeness (QED) is 0.636. The van der Waals surface area contributed by atoms with Gasteiger partial charge in [0, 0.05) is 0 Å². The van der Waals surface area contributed by atoms with Crippen molar-refractivity contribution in [2.45, 2.75) is 19.3 Å². The molecule has 0 aliphatic heterocycles. The second-order valence-electron chi connectivity index (χ2n) is 3.85. The number of rotatable bonds is 1. The van der Waals surface area contributed by atoms with Crippen LogP contribution in [-0.4, -0.2) is 11.1 Å². The van der Waals surface area contributed by atoms with Crippen LogP contribution < -0.4 is 0 Å². The molecule has 0 radical (unpaired) electrons. The summed E-state index contributed by atoms with van der Waals surface area (Å²) in [6.45, 7) is 0. The highest BCUT2D eigenvalue weighted by molar-refractivity contribution is 5.72. The van der Waals surface area contributed by atoms with Crippen LogP contribution in [0.25, 0.3) is 0 Å². The number of carboxylic acids is 1. The number of hydrogen-bond donors (Lipinski definition) is 1. The Morgan fingerprint density at radius 1 is 1.42 bits per heavy atom. The first-order valence-corrected chi connectivity index (χ1v) is 4.36. The standard InChI is InChI=1S/C9H11NO2/c10-4-7-5-1-2-6(3-5)8(7)9(11)12/h5-8H,1-3H2,(H,11,12). The van der Waals surface area contributed by atoms with Crippen LogP contribution in [0.3, 0.4) is 0 Å². The molecule has 2 bridgehead atoms. The van der Waals surface area contributed by atoms with Crippen molar-refractivity contribution >= 4 is 5.97 Å². The van der Waals surface area contributed by atoms with E-state index in [1.54, 1.807) is 0 Å². The highest BCUT2D eigenvalue weighted by atomic mass is 16.4. The van der Waals surface area contributed by atoms with E-state index in [2.05, 4.69) is 6.07 Å². The van der Waals surface area contributed by atoms with Gasteiger partial charge in [0.15, 0.2) is 0 Å². The molecule has 0 aromatic heterocycles. The normalized spacial score (nSPS) is 44.2. The highest BCUT2D eigenvalue weighted by Crippen LogP contribution is 2.51. The van der Waals surface area contributed by atoms with Gasteiger partial charge in [-0.05, 0) is 31.1 Å². The van der Waals surface area contributed by atoms with E-state index in [1.165, 1.54) is 0 Å². The van der Waals surface area contributed by atoms with Crippen molar-refractivity contribution in [1.82, 2.24) is 0 Å². The molecule has 2 rings (SSSR count). The fourth-order valence-electron chi connectivity index (χ4n) is 2.83. The Labute approximate surface area is 71.0 Å². The summed E-state index contributed by atoms with van der Waals surface area (Å²) in [6, 6.07) is 2.15. The molecule has 3 heteroatoms.